The van der Waals surface area contributed by atoms with Crippen molar-refractivity contribution in [3.63, 3.8) is 0 Å². The number of nitrogens with one attached hydrogen (secondary N) is 1. The molecule has 1 aromatic rings. The summed E-state index contributed by atoms with van der Waals surface area (Å²) in [4.78, 5) is 24.6. The lowest BCUT2D eigenvalue weighted by molar-refractivity contribution is -0.130. The molecule has 1 amide bonds. The summed E-state index contributed by atoms with van der Waals surface area (Å²) in [5, 5.41) is 3.04. The van der Waals surface area contributed by atoms with Gasteiger partial charge in [0.2, 0.25) is 0 Å². The van der Waals surface area contributed by atoms with E-state index in [9.17, 15) is 9.59 Å². The molecule has 1 aliphatic carbocycles. The van der Waals surface area contributed by atoms with Crippen molar-refractivity contribution < 1.29 is 14.3 Å². The fraction of sp³-hybridized carbons (Fsp3) is 0.579. The Labute approximate surface area is 138 Å². The quantitative estimate of drug-likeness (QED) is 0.864. The Morgan fingerprint density at radius 1 is 1.22 bits per heavy atom. The van der Waals surface area contributed by atoms with Gasteiger partial charge in [0.15, 0.2) is 6.10 Å². The fourth-order valence-corrected chi connectivity index (χ4v) is 3.08. The maximum atomic E-state index is 12.3. The van der Waals surface area contributed by atoms with Crippen LogP contribution in [0.25, 0.3) is 0 Å². The largest absolute Gasteiger partial charge is 0.449 e. The molecule has 0 spiro atoms. The van der Waals surface area contributed by atoms with Crippen LogP contribution in [-0.4, -0.2) is 24.0 Å². The Morgan fingerprint density at radius 3 is 2.61 bits per heavy atom. The van der Waals surface area contributed by atoms with E-state index in [0.29, 0.717) is 11.5 Å². The number of ether oxygens (including phenoxy) is 1. The molecule has 3 atom stereocenters. The summed E-state index contributed by atoms with van der Waals surface area (Å²) in [7, 11) is 0. The molecular formula is C19H27NO3. The summed E-state index contributed by atoms with van der Waals surface area (Å²) in [5.74, 6) is -0.164. The van der Waals surface area contributed by atoms with Crippen molar-refractivity contribution >= 4 is 11.9 Å². The van der Waals surface area contributed by atoms with E-state index < -0.39 is 12.1 Å². The van der Waals surface area contributed by atoms with E-state index in [1.54, 1.807) is 13.0 Å². The highest BCUT2D eigenvalue weighted by molar-refractivity contribution is 5.93. The van der Waals surface area contributed by atoms with Crippen LogP contribution in [0.3, 0.4) is 0 Å². The maximum absolute atomic E-state index is 12.3. The number of hydrogen-bond acceptors (Lipinski definition) is 3. The molecule has 1 saturated carbocycles. The molecule has 0 saturated heterocycles. The summed E-state index contributed by atoms with van der Waals surface area (Å²) in [5.41, 5.74) is 2.45. The first-order chi connectivity index (χ1) is 10.9. The van der Waals surface area contributed by atoms with Gasteiger partial charge in [-0.3, -0.25) is 4.79 Å². The van der Waals surface area contributed by atoms with Crippen molar-refractivity contribution in [2.45, 2.75) is 65.5 Å². The van der Waals surface area contributed by atoms with Crippen LogP contribution in [0.15, 0.2) is 18.2 Å². The van der Waals surface area contributed by atoms with Crippen molar-refractivity contribution in [1.29, 1.82) is 0 Å². The standard InChI is InChI=1S/C19H27NO3/c1-12-9-7-10-16(14(12)3)19(22)23-15(4)18(21)20-17-11-6-5-8-13(17)2/h7,9-10,13,15,17H,5-6,8,11H2,1-4H3,(H,20,21)/t13-,15-,17-/m0/s1. The van der Waals surface area contributed by atoms with Crippen LogP contribution in [0.1, 0.15) is 61.0 Å². The van der Waals surface area contributed by atoms with Gasteiger partial charge < -0.3 is 10.1 Å². The molecule has 0 radical (unpaired) electrons. The first-order valence-electron chi connectivity index (χ1n) is 8.47. The SMILES string of the molecule is Cc1cccc(C(=O)O[C@@H](C)C(=O)N[C@H]2CCCC[C@@H]2C)c1C. The number of esters is 1. The van der Waals surface area contributed by atoms with Crippen LogP contribution in [0.2, 0.25) is 0 Å². The predicted octanol–water partition coefficient (Wildman–Crippen LogP) is 3.54. The third kappa shape index (κ3) is 4.34. The van der Waals surface area contributed by atoms with Crippen molar-refractivity contribution in [2.24, 2.45) is 5.92 Å². The minimum absolute atomic E-state index is 0.193. The minimum atomic E-state index is -0.781. The van der Waals surface area contributed by atoms with Gasteiger partial charge in [-0.05, 0) is 56.7 Å². The zero-order chi connectivity index (χ0) is 17.0. The number of hydrogen-bond donors (Lipinski definition) is 1. The van der Waals surface area contributed by atoms with Crippen LogP contribution in [0, 0.1) is 19.8 Å². The molecule has 0 unspecified atom stereocenters. The van der Waals surface area contributed by atoms with Gasteiger partial charge in [0.1, 0.15) is 0 Å². The normalized spacial score (nSPS) is 22.3. The first kappa shape index (κ1) is 17.5. The lowest BCUT2D eigenvalue weighted by atomic mass is 9.86. The van der Waals surface area contributed by atoms with Crippen molar-refractivity contribution in [3.05, 3.63) is 34.9 Å². The second-order valence-corrected chi connectivity index (χ2v) is 6.67. The zero-order valence-corrected chi connectivity index (χ0v) is 14.5. The summed E-state index contributed by atoms with van der Waals surface area (Å²) >= 11 is 0. The molecule has 126 valence electrons. The summed E-state index contributed by atoms with van der Waals surface area (Å²) < 4.78 is 5.36. The van der Waals surface area contributed by atoms with Crippen molar-refractivity contribution in [2.75, 3.05) is 0 Å². The van der Waals surface area contributed by atoms with Gasteiger partial charge in [0.25, 0.3) is 5.91 Å². The summed E-state index contributed by atoms with van der Waals surface area (Å²) in [6.45, 7) is 7.63. The highest BCUT2D eigenvalue weighted by Gasteiger charge is 2.26. The van der Waals surface area contributed by atoms with Gasteiger partial charge >= 0.3 is 5.97 Å². The average molecular weight is 317 g/mol. The van der Waals surface area contributed by atoms with Gasteiger partial charge in [0.05, 0.1) is 5.56 Å². The highest BCUT2D eigenvalue weighted by Crippen LogP contribution is 2.24. The zero-order valence-electron chi connectivity index (χ0n) is 14.5. The molecule has 1 N–H and O–H groups in total. The predicted molar refractivity (Wildman–Crippen MR) is 90.4 cm³/mol. The van der Waals surface area contributed by atoms with Gasteiger partial charge in [-0.15, -0.1) is 0 Å². The van der Waals surface area contributed by atoms with Crippen LogP contribution >= 0.6 is 0 Å². The van der Waals surface area contributed by atoms with E-state index in [2.05, 4.69) is 12.2 Å². The number of rotatable bonds is 4. The smallest absolute Gasteiger partial charge is 0.339 e. The van der Waals surface area contributed by atoms with Crippen LogP contribution in [0.5, 0.6) is 0 Å². The van der Waals surface area contributed by atoms with E-state index in [0.717, 1.165) is 30.4 Å². The van der Waals surface area contributed by atoms with Gasteiger partial charge in [-0.25, -0.2) is 4.79 Å². The third-order valence-electron chi connectivity index (χ3n) is 4.92. The second-order valence-electron chi connectivity index (χ2n) is 6.67. The van der Waals surface area contributed by atoms with Crippen LogP contribution in [0.4, 0.5) is 0 Å². The molecule has 1 aliphatic rings. The Morgan fingerprint density at radius 2 is 1.91 bits per heavy atom. The molecule has 0 bridgehead atoms. The highest BCUT2D eigenvalue weighted by atomic mass is 16.5. The molecular weight excluding hydrogens is 290 g/mol. The number of amides is 1. The molecule has 0 aliphatic heterocycles. The summed E-state index contributed by atoms with van der Waals surface area (Å²) in [6.07, 6.45) is 3.74. The Balaban J connectivity index is 1.95. The Kier molecular flexibility index (Phi) is 5.80. The number of aryl methyl sites for hydroxylation is 1. The van der Waals surface area contributed by atoms with Gasteiger partial charge in [-0.1, -0.05) is 31.9 Å². The van der Waals surface area contributed by atoms with Crippen molar-refractivity contribution in [1.82, 2.24) is 5.32 Å². The fourth-order valence-electron chi connectivity index (χ4n) is 3.08. The van der Waals surface area contributed by atoms with E-state index in [4.69, 9.17) is 4.74 Å². The van der Waals surface area contributed by atoms with E-state index in [1.807, 2.05) is 26.0 Å². The number of carbonyl (C=O) groups is 2. The van der Waals surface area contributed by atoms with Gasteiger partial charge in [0, 0.05) is 6.04 Å². The third-order valence-corrected chi connectivity index (χ3v) is 4.92. The molecule has 1 aromatic carbocycles. The lowest BCUT2D eigenvalue weighted by Gasteiger charge is -2.30. The molecule has 0 aromatic heterocycles. The van der Waals surface area contributed by atoms with Crippen LogP contribution < -0.4 is 5.32 Å². The lowest BCUT2D eigenvalue weighted by Crippen LogP contribution is -2.46. The number of carbonyl (C=O) groups excluding carboxylic acids is 2. The molecule has 1 fully saturated rings. The molecule has 4 heteroatoms. The molecule has 4 nitrogen and oxygen atoms in total. The first-order valence-corrected chi connectivity index (χ1v) is 8.47. The molecule has 23 heavy (non-hydrogen) atoms. The van der Waals surface area contributed by atoms with Crippen LogP contribution in [-0.2, 0) is 9.53 Å². The Bertz CT molecular complexity index is 582. The van der Waals surface area contributed by atoms with E-state index in [-0.39, 0.29) is 11.9 Å². The van der Waals surface area contributed by atoms with E-state index in [1.165, 1.54) is 6.42 Å². The summed E-state index contributed by atoms with van der Waals surface area (Å²) in [6, 6.07) is 5.71. The molecule has 2 rings (SSSR count). The average Bonchev–Trinajstić information content (AvgIpc) is 2.52. The maximum Gasteiger partial charge on any atom is 0.339 e. The van der Waals surface area contributed by atoms with E-state index >= 15 is 0 Å². The minimum Gasteiger partial charge on any atom is -0.449 e. The number of benzene rings is 1. The molecule has 0 heterocycles. The topological polar surface area (TPSA) is 55.4 Å². The Hall–Kier alpha value is -1.84. The van der Waals surface area contributed by atoms with Crippen molar-refractivity contribution in [3.8, 4) is 0 Å². The monoisotopic (exact) mass is 317 g/mol. The van der Waals surface area contributed by atoms with Gasteiger partial charge in [-0.2, -0.15) is 0 Å². The second kappa shape index (κ2) is 7.62.